The summed E-state index contributed by atoms with van der Waals surface area (Å²) in [6.07, 6.45) is 2.35. The van der Waals surface area contributed by atoms with E-state index >= 15 is 0 Å². The smallest absolute Gasteiger partial charge is 0.422 e. The van der Waals surface area contributed by atoms with Crippen LogP contribution in [0.3, 0.4) is 0 Å². The molecule has 0 aromatic carbocycles. The van der Waals surface area contributed by atoms with Gasteiger partial charge in [-0.25, -0.2) is 0 Å². The summed E-state index contributed by atoms with van der Waals surface area (Å²) in [4.78, 5) is 0. The number of ether oxygens (including phenoxy) is 1. The van der Waals surface area contributed by atoms with E-state index in [-0.39, 0.29) is 0 Å². The fourth-order valence-corrected chi connectivity index (χ4v) is 1.11. The van der Waals surface area contributed by atoms with E-state index < -0.39 is 7.12 Å². The maximum Gasteiger partial charge on any atom is 0.507 e. The lowest BCUT2D eigenvalue weighted by molar-refractivity contribution is 0.189. The van der Waals surface area contributed by atoms with Crippen LogP contribution in [0.4, 0.5) is 0 Å². The average molecular weight is 184 g/mol. The minimum absolute atomic E-state index is 0.413. The molecule has 2 N–H and O–H groups in total. The number of hydrogen-bond acceptors (Lipinski definition) is 4. The van der Waals surface area contributed by atoms with Gasteiger partial charge in [0.25, 0.3) is 0 Å². The van der Waals surface area contributed by atoms with Gasteiger partial charge >= 0.3 is 7.12 Å². The highest BCUT2D eigenvalue weighted by Crippen LogP contribution is 1.89. The lowest BCUT2D eigenvalue weighted by atomic mass is 9.86. The van der Waals surface area contributed by atoms with Crippen LogP contribution in [-0.2, 0) is 11.3 Å². The van der Waals surface area contributed by atoms with E-state index in [2.05, 4.69) is 5.10 Å². The number of methoxy groups -OCH3 is 1. The summed E-state index contributed by atoms with van der Waals surface area (Å²) in [6.45, 7) is 1.27. The molecule has 0 aliphatic carbocycles. The molecule has 13 heavy (non-hydrogen) atoms. The Hall–Kier alpha value is -0.845. The topological polar surface area (TPSA) is 67.5 Å². The monoisotopic (exact) mass is 184 g/mol. The number of aromatic nitrogens is 2. The maximum atomic E-state index is 8.91. The summed E-state index contributed by atoms with van der Waals surface area (Å²) in [5.74, 6) is 0. The summed E-state index contributed by atoms with van der Waals surface area (Å²) in [6, 6.07) is 1.58. The van der Waals surface area contributed by atoms with Crippen molar-refractivity contribution in [3.8, 4) is 0 Å². The molecule has 1 rings (SSSR count). The van der Waals surface area contributed by atoms with Gasteiger partial charge in [0, 0.05) is 26.5 Å². The quantitative estimate of drug-likeness (QED) is 0.436. The highest BCUT2D eigenvalue weighted by atomic mass is 16.5. The van der Waals surface area contributed by atoms with E-state index in [1.54, 1.807) is 24.1 Å². The Labute approximate surface area is 77.1 Å². The molecule has 0 aliphatic rings. The molecule has 1 aromatic rings. The van der Waals surface area contributed by atoms with Crippen LogP contribution in [0, 0.1) is 0 Å². The van der Waals surface area contributed by atoms with Gasteiger partial charge in [0.1, 0.15) is 0 Å². The van der Waals surface area contributed by atoms with Crippen molar-refractivity contribution in [2.24, 2.45) is 0 Å². The van der Waals surface area contributed by atoms with E-state index in [0.29, 0.717) is 18.7 Å². The molecule has 0 saturated heterocycles. The van der Waals surface area contributed by atoms with Gasteiger partial charge in [0.05, 0.1) is 5.59 Å². The van der Waals surface area contributed by atoms with Gasteiger partial charge in [-0.3, -0.25) is 4.68 Å². The predicted molar refractivity (Wildman–Crippen MR) is 48.5 cm³/mol. The highest BCUT2D eigenvalue weighted by Gasteiger charge is 2.15. The normalized spacial score (nSPS) is 10.4. The van der Waals surface area contributed by atoms with Crippen LogP contribution in [0.5, 0.6) is 0 Å². The van der Waals surface area contributed by atoms with Gasteiger partial charge in [0.2, 0.25) is 0 Å². The first-order valence-electron chi connectivity index (χ1n) is 4.12. The van der Waals surface area contributed by atoms with Crippen molar-refractivity contribution < 1.29 is 14.8 Å². The number of aryl methyl sites for hydroxylation is 1. The molecule has 0 unspecified atom stereocenters. The molecular weight excluding hydrogens is 171 g/mol. The van der Waals surface area contributed by atoms with Gasteiger partial charge in [-0.05, 0) is 12.5 Å². The second kappa shape index (κ2) is 5.01. The van der Waals surface area contributed by atoms with Crippen LogP contribution in [0.15, 0.2) is 12.3 Å². The van der Waals surface area contributed by atoms with Crippen LogP contribution in [-0.4, -0.2) is 40.7 Å². The lowest BCUT2D eigenvalue weighted by Gasteiger charge is -2.05. The Bertz CT molecular complexity index is 252. The second-order valence-electron chi connectivity index (χ2n) is 2.70. The first-order chi connectivity index (χ1) is 6.25. The van der Waals surface area contributed by atoms with Gasteiger partial charge in [-0.2, -0.15) is 5.10 Å². The predicted octanol–water partition coefficient (Wildman–Crippen LogP) is -1.40. The zero-order chi connectivity index (χ0) is 9.68. The molecule has 0 aliphatic heterocycles. The Morgan fingerprint density at radius 3 is 3.00 bits per heavy atom. The zero-order valence-electron chi connectivity index (χ0n) is 7.55. The number of hydrogen-bond donors (Lipinski definition) is 2. The minimum atomic E-state index is -1.45. The van der Waals surface area contributed by atoms with Crippen molar-refractivity contribution in [2.75, 3.05) is 13.7 Å². The third kappa shape index (κ3) is 2.84. The molecule has 0 saturated carbocycles. The molecular formula is C7H13BN2O3. The van der Waals surface area contributed by atoms with Gasteiger partial charge in [-0.15, -0.1) is 0 Å². The molecule has 6 heteroatoms. The molecule has 0 amide bonds. The van der Waals surface area contributed by atoms with Crippen molar-refractivity contribution >= 4 is 12.7 Å². The van der Waals surface area contributed by atoms with E-state index in [1.165, 1.54) is 0 Å². The van der Waals surface area contributed by atoms with Crippen LogP contribution in [0.2, 0.25) is 0 Å². The zero-order valence-corrected chi connectivity index (χ0v) is 7.55. The molecule has 1 aromatic heterocycles. The summed E-state index contributed by atoms with van der Waals surface area (Å²) in [5.41, 5.74) is 0.413. The molecule has 72 valence electrons. The maximum absolute atomic E-state index is 8.91. The van der Waals surface area contributed by atoms with E-state index in [0.717, 1.165) is 6.42 Å². The third-order valence-corrected chi connectivity index (χ3v) is 1.73. The summed E-state index contributed by atoms with van der Waals surface area (Å²) in [7, 11) is 0.176. The lowest BCUT2D eigenvalue weighted by Crippen LogP contribution is -2.36. The van der Waals surface area contributed by atoms with Crippen molar-refractivity contribution in [3.63, 3.8) is 0 Å². The first-order valence-corrected chi connectivity index (χ1v) is 4.12. The summed E-state index contributed by atoms with van der Waals surface area (Å²) >= 11 is 0. The van der Waals surface area contributed by atoms with E-state index in [9.17, 15) is 0 Å². The summed E-state index contributed by atoms with van der Waals surface area (Å²) in [5, 5.41) is 21.8. The first kappa shape index (κ1) is 10.2. The molecule has 0 atom stereocenters. The largest absolute Gasteiger partial charge is 0.507 e. The van der Waals surface area contributed by atoms with Crippen LogP contribution in [0.1, 0.15) is 6.42 Å². The number of nitrogens with zero attached hydrogens (tertiary/aromatic N) is 2. The molecule has 1 heterocycles. The fourth-order valence-electron chi connectivity index (χ4n) is 1.11. The van der Waals surface area contributed by atoms with Crippen LogP contribution in [0.25, 0.3) is 0 Å². The summed E-state index contributed by atoms with van der Waals surface area (Å²) < 4.78 is 6.43. The SMILES string of the molecule is COCCCn1nccc1B(O)O. The molecule has 5 nitrogen and oxygen atoms in total. The Morgan fingerprint density at radius 2 is 2.38 bits per heavy atom. The van der Waals surface area contributed by atoms with E-state index in [1.807, 2.05) is 0 Å². The highest BCUT2D eigenvalue weighted by molar-refractivity contribution is 6.57. The van der Waals surface area contributed by atoms with Crippen LogP contribution < -0.4 is 5.59 Å². The average Bonchev–Trinajstić information content (AvgIpc) is 2.53. The second-order valence-corrected chi connectivity index (χ2v) is 2.70. The minimum Gasteiger partial charge on any atom is -0.422 e. The third-order valence-electron chi connectivity index (χ3n) is 1.73. The van der Waals surface area contributed by atoms with Crippen molar-refractivity contribution in [1.82, 2.24) is 9.78 Å². The van der Waals surface area contributed by atoms with Crippen molar-refractivity contribution in [2.45, 2.75) is 13.0 Å². The van der Waals surface area contributed by atoms with Gasteiger partial charge in [0.15, 0.2) is 0 Å². The fraction of sp³-hybridized carbons (Fsp3) is 0.571. The Balaban J connectivity index is 2.50. The van der Waals surface area contributed by atoms with Gasteiger partial charge in [-0.1, -0.05) is 0 Å². The van der Waals surface area contributed by atoms with E-state index in [4.69, 9.17) is 14.8 Å². The van der Waals surface area contributed by atoms with Crippen LogP contribution >= 0.6 is 0 Å². The van der Waals surface area contributed by atoms with Crippen molar-refractivity contribution in [1.29, 1.82) is 0 Å². The Morgan fingerprint density at radius 1 is 1.62 bits per heavy atom. The Kier molecular flexibility index (Phi) is 3.94. The molecule has 0 fully saturated rings. The standard InChI is InChI=1S/C7H13BN2O3/c1-13-6-2-5-10-7(8(11)12)3-4-9-10/h3-4,11-12H,2,5-6H2,1H3. The number of rotatable bonds is 5. The van der Waals surface area contributed by atoms with Crippen molar-refractivity contribution in [3.05, 3.63) is 12.3 Å². The molecule has 0 bridgehead atoms. The molecule has 0 radical (unpaired) electrons. The molecule has 0 spiro atoms. The van der Waals surface area contributed by atoms with Gasteiger partial charge < -0.3 is 14.8 Å².